The normalized spacial score (nSPS) is 30.6. The Labute approximate surface area is 109 Å². The van der Waals surface area contributed by atoms with Crippen LogP contribution in [0.5, 0.6) is 0 Å². The fourth-order valence-corrected chi connectivity index (χ4v) is 4.33. The van der Waals surface area contributed by atoms with Gasteiger partial charge in [0.25, 0.3) is 0 Å². The molecule has 0 unspecified atom stereocenters. The molecule has 1 aromatic rings. The monoisotopic (exact) mass is 239 g/mol. The maximum Gasteiger partial charge on any atom is 0.0509 e. The first-order valence-electron chi connectivity index (χ1n) is 7.47. The van der Waals surface area contributed by atoms with Gasteiger partial charge in [-0.05, 0) is 62.7 Å². The van der Waals surface area contributed by atoms with Crippen molar-refractivity contribution >= 4 is 5.69 Å². The molecule has 2 aliphatic heterocycles. The molecule has 1 aliphatic carbocycles. The van der Waals surface area contributed by atoms with Crippen molar-refractivity contribution in [2.45, 2.75) is 57.0 Å². The van der Waals surface area contributed by atoms with Crippen molar-refractivity contribution in [3.63, 3.8) is 0 Å². The maximum atomic E-state index is 2.73. The van der Waals surface area contributed by atoms with Crippen LogP contribution in [0.25, 0.3) is 0 Å². The van der Waals surface area contributed by atoms with Gasteiger partial charge in [-0.3, -0.25) is 0 Å². The Morgan fingerprint density at radius 2 is 1.78 bits per heavy atom. The number of anilines is 1. The summed E-state index contributed by atoms with van der Waals surface area (Å²) in [6.45, 7) is 0. The minimum atomic E-state index is 0.737. The Bertz CT molecular complexity index is 474. The van der Waals surface area contributed by atoms with Gasteiger partial charge in [-0.15, -0.1) is 0 Å². The molecule has 0 saturated carbocycles. The molecule has 18 heavy (non-hydrogen) atoms. The van der Waals surface area contributed by atoms with Crippen molar-refractivity contribution in [2.75, 3.05) is 4.90 Å². The standard InChI is InChI=1S/C17H21N/c1-2-7-14(8-3-1)18-15-10-11-17(18)16-9-5-4-6-13(16)12-15/h1-3,7-8,15,17H,4-6,9-12H2/t15-,17+/m1/s1. The van der Waals surface area contributed by atoms with Gasteiger partial charge in [-0.1, -0.05) is 23.8 Å². The van der Waals surface area contributed by atoms with E-state index in [0.29, 0.717) is 0 Å². The lowest BCUT2D eigenvalue weighted by Crippen LogP contribution is -2.42. The highest BCUT2D eigenvalue weighted by molar-refractivity contribution is 5.54. The summed E-state index contributed by atoms with van der Waals surface area (Å²) in [4.78, 5) is 2.73. The number of rotatable bonds is 1. The second-order valence-corrected chi connectivity index (χ2v) is 6.03. The second kappa shape index (κ2) is 4.15. The number of benzene rings is 1. The van der Waals surface area contributed by atoms with Crippen molar-refractivity contribution in [3.05, 3.63) is 41.5 Å². The van der Waals surface area contributed by atoms with Crippen molar-refractivity contribution < 1.29 is 0 Å². The Hall–Kier alpha value is -1.24. The van der Waals surface area contributed by atoms with Crippen molar-refractivity contribution in [1.82, 2.24) is 0 Å². The summed E-state index contributed by atoms with van der Waals surface area (Å²) in [6.07, 6.45) is 9.75. The van der Waals surface area contributed by atoms with Gasteiger partial charge in [0.2, 0.25) is 0 Å². The largest absolute Gasteiger partial charge is 0.362 e. The van der Waals surface area contributed by atoms with Crippen LogP contribution in [-0.2, 0) is 0 Å². The van der Waals surface area contributed by atoms with Gasteiger partial charge in [0.15, 0.2) is 0 Å². The van der Waals surface area contributed by atoms with E-state index < -0.39 is 0 Å². The van der Waals surface area contributed by atoms with Gasteiger partial charge in [0.1, 0.15) is 0 Å². The van der Waals surface area contributed by atoms with Gasteiger partial charge in [-0.25, -0.2) is 0 Å². The van der Waals surface area contributed by atoms with E-state index in [1.165, 1.54) is 50.6 Å². The lowest BCUT2D eigenvalue weighted by atomic mass is 9.82. The molecule has 4 rings (SSSR count). The Kier molecular flexibility index (Phi) is 2.46. The maximum absolute atomic E-state index is 2.73. The second-order valence-electron chi connectivity index (χ2n) is 6.03. The quantitative estimate of drug-likeness (QED) is 0.660. The highest BCUT2D eigenvalue weighted by Gasteiger charge is 2.41. The minimum Gasteiger partial charge on any atom is -0.362 e. The minimum absolute atomic E-state index is 0.737. The molecule has 0 amide bonds. The van der Waals surface area contributed by atoms with Gasteiger partial charge in [0, 0.05) is 11.7 Å². The molecule has 1 aromatic carbocycles. The van der Waals surface area contributed by atoms with Gasteiger partial charge >= 0.3 is 0 Å². The van der Waals surface area contributed by atoms with E-state index in [9.17, 15) is 0 Å². The highest BCUT2D eigenvalue weighted by Crippen LogP contribution is 2.46. The molecule has 3 aliphatic rings. The van der Waals surface area contributed by atoms with Gasteiger partial charge < -0.3 is 4.90 Å². The third-order valence-corrected chi connectivity index (χ3v) is 5.07. The van der Waals surface area contributed by atoms with Gasteiger partial charge in [-0.2, -0.15) is 0 Å². The van der Waals surface area contributed by atoms with Crippen molar-refractivity contribution in [2.24, 2.45) is 0 Å². The average Bonchev–Trinajstić information content (AvgIpc) is 2.75. The molecule has 2 atom stereocenters. The number of hydrogen-bond donors (Lipinski definition) is 0. The predicted molar refractivity (Wildman–Crippen MR) is 75.8 cm³/mol. The first-order chi connectivity index (χ1) is 8.93. The summed E-state index contributed by atoms with van der Waals surface area (Å²) >= 11 is 0. The summed E-state index contributed by atoms with van der Waals surface area (Å²) in [6, 6.07) is 12.6. The molecular formula is C17H21N. The van der Waals surface area contributed by atoms with E-state index in [-0.39, 0.29) is 0 Å². The molecule has 1 fully saturated rings. The van der Waals surface area contributed by atoms with E-state index in [1.54, 1.807) is 0 Å². The Morgan fingerprint density at radius 1 is 0.944 bits per heavy atom. The number of hydrogen-bond acceptors (Lipinski definition) is 1. The van der Waals surface area contributed by atoms with E-state index in [4.69, 9.17) is 0 Å². The zero-order chi connectivity index (χ0) is 11.9. The predicted octanol–water partition coefficient (Wildman–Crippen LogP) is 4.30. The highest BCUT2D eigenvalue weighted by atomic mass is 15.2. The van der Waals surface area contributed by atoms with Crippen LogP contribution in [-0.4, -0.2) is 12.1 Å². The van der Waals surface area contributed by atoms with E-state index in [0.717, 1.165) is 12.1 Å². The molecule has 2 heterocycles. The number of para-hydroxylation sites is 1. The first-order valence-corrected chi connectivity index (χ1v) is 7.47. The van der Waals surface area contributed by atoms with E-state index in [2.05, 4.69) is 35.2 Å². The van der Waals surface area contributed by atoms with Crippen molar-refractivity contribution in [1.29, 1.82) is 0 Å². The molecule has 1 nitrogen and oxygen atoms in total. The van der Waals surface area contributed by atoms with Crippen LogP contribution in [0.3, 0.4) is 0 Å². The van der Waals surface area contributed by atoms with Crippen LogP contribution in [0, 0.1) is 0 Å². The first kappa shape index (κ1) is 10.7. The zero-order valence-electron chi connectivity index (χ0n) is 10.9. The Morgan fingerprint density at radius 3 is 2.67 bits per heavy atom. The molecule has 0 N–H and O–H groups in total. The van der Waals surface area contributed by atoms with E-state index >= 15 is 0 Å². The molecular weight excluding hydrogens is 218 g/mol. The fourth-order valence-electron chi connectivity index (χ4n) is 4.33. The molecule has 0 aromatic heterocycles. The van der Waals surface area contributed by atoms with Crippen LogP contribution < -0.4 is 4.90 Å². The van der Waals surface area contributed by atoms with Gasteiger partial charge in [0.05, 0.1) is 6.04 Å². The molecule has 2 bridgehead atoms. The SMILES string of the molecule is c1ccc(N2[C@@H]3CC[C@H]2C2=C(CCCC2)C3)cc1. The summed E-state index contributed by atoms with van der Waals surface area (Å²) in [5, 5.41) is 0. The lowest BCUT2D eigenvalue weighted by molar-refractivity contribution is 0.530. The zero-order valence-corrected chi connectivity index (χ0v) is 10.9. The summed E-state index contributed by atoms with van der Waals surface area (Å²) in [7, 11) is 0. The number of nitrogens with zero attached hydrogens (tertiary/aromatic N) is 1. The van der Waals surface area contributed by atoms with Crippen molar-refractivity contribution in [3.8, 4) is 0 Å². The molecule has 0 radical (unpaired) electrons. The summed E-state index contributed by atoms with van der Waals surface area (Å²) < 4.78 is 0. The third-order valence-electron chi connectivity index (χ3n) is 5.07. The molecule has 1 saturated heterocycles. The number of fused-ring (bicyclic) bond motifs is 3. The summed E-state index contributed by atoms with van der Waals surface area (Å²) in [5.41, 5.74) is 5.10. The fraction of sp³-hybridized carbons (Fsp3) is 0.529. The third kappa shape index (κ3) is 1.53. The van der Waals surface area contributed by atoms with Crippen LogP contribution in [0.1, 0.15) is 44.9 Å². The molecule has 1 heteroatoms. The summed E-state index contributed by atoms with van der Waals surface area (Å²) in [5.74, 6) is 0. The lowest BCUT2D eigenvalue weighted by Gasteiger charge is -2.41. The smallest absolute Gasteiger partial charge is 0.0509 e. The van der Waals surface area contributed by atoms with Crippen LogP contribution >= 0.6 is 0 Å². The topological polar surface area (TPSA) is 3.24 Å². The van der Waals surface area contributed by atoms with E-state index in [1.807, 2.05) is 11.1 Å². The van der Waals surface area contributed by atoms with Crippen LogP contribution in [0.15, 0.2) is 41.5 Å². The van der Waals surface area contributed by atoms with Crippen LogP contribution in [0.2, 0.25) is 0 Å². The Balaban J connectivity index is 1.73. The molecule has 94 valence electrons. The van der Waals surface area contributed by atoms with Crippen LogP contribution in [0.4, 0.5) is 5.69 Å². The average molecular weight is 239 g/mol. The molecule has 0 spiro atoms.